The Morgan fingerprint density at radius 1 is 1.21 bits per heavy atom. The number of carbonyl (C=O) groups is 2. The number of halogens is 1. The fourth-order valence-electron chi connectivity index (χ4n) is 1.47. The molecular weight excluding hydrogens is 330 g/mol. The molecule has 0 aliphatic heterocycles. The molecule has 0 saturated carbocycles. The van der Waals surface area contributed by atoms with Crippen LogP contribution in [-0.2, 0) is 0 Å². The highest BCUT2D eigenvalue weighted by atomic mass is 35.5. The summed E-state index contributed by atoms with van der Waals surface area (Å²) in [7, 11) is 0. The van der Waals surface area contributed by atoms with Gasteiger partial charge in [-0.25, -0.2) is 9.78 Å². The Morgan fingerprint density at radius 3 is 2.33 bits per heavy atom. The third kappa shape index (κ3) is 7.60. The number of rotatable bonds is 2. The van der Waals surface area contributed by atoms with Gasteiger partial charge in [0.1, 0.15) is 6.33 Å². The number of aromatic carboxylic acids is 1. The third-order valence-electron chi connectivity index (χ3n) is 2.39. The van der Waals surface area contributed by atoms with E-state index in [0.29, 0.717) is 5.69 Å². The molecule has 6 nitrogen and oxygen atoms in total. The van der Waals surface area contributed by atoms with Crippen LogP contribution in [0.15, 0.2) is 49.1 Å². The Balaban J connectivity index is 0. The molecule has 0 bridgehead atoms. The topological polar surface area (TPSA) is 87.5 Å². The van der Waals surface area contributed by atoms with E-state index in [0.717, 1.165) is 11.8 Å². The maximum absolute atomic E-state index is 10.5. The number of aromatic amines is 1. The molecule has 7 heteroatoms. The van der Waals surface area contributed by atoms with E-state index in [9.17, 15) is 9.59 Å². The number of aldehydes is 1. The summed E-state index contributed by atoms with van der Waals surface area (Å²) in [6.07, 6.45) is 5.79. The Labute approximate surface area is 148 Å². The summed E-state index contributed by atoms with van der Waals surface area (Å²) in [5, 5.41) is 8.61. The van der Waals surface area contributed by atoms with Crippen LogP contribution in [0.25, 0.3) is 5.52 Å². The van der Waals surface area contributed by atoms with Crippen molar-refractivity contribution in [2.45, 2.75) is 27.7 Å². The first-order valence-electron chi connectivity index (χ1n) is 7.45. The molecule has 0 aromatic carbocycles. The number of H-pyrrole nitrogens is 1. The standard InChI is InChI=1S/C8H6N2O2.C5H5NO.2C2H6.ClH/c11-8(12)7-4-6-2-1-3-10(6)5-9-7;7-4-5-2-1-3-6-5;2*1-2;/h1-5H,(H,11,12);1-4,6H;2*1-2H3;1H. The summed E-state index contributed by atoms with van der Waals surface area (Å²) in [6, 6.07) is 8.69. The lowest BCUT2D eigenvalue weighted by Gasteiger charge is -1.95. The molecule has 3 aromatic rings. The number of aromatic nitrogens is 3. The predicted molar refractivity (Wildman–Crippen MR) is 98.3 cm³/mol. The molecule has 0 aliphatic carbocycles. The van der Waals surface area contributed by atoms with E-state index in [1.807, 2.05) is 46.0 Å². The summed E-state index contributed by atoms with van der Waals surface area (Å²) >= 11 is 0. The van der Waals surface area contributed by atoms with Gasteiger partial charge in [0, 0.05) is 17.9 Å². The first-order valence-corrected chi connectivity index (χ1v) is 7.45. The number of nitrogens with one attached hydrogen (secondary N) is 1. The number of carboxylic acids is 1. The Kier molecular flexibility index (Phi) is 13.8. The van der Waals surface area contributed by atoms with Gasteiger partial charge in [-0.1, -0.05) is 27.7 Å². The van der Waals surface area contributed by atoms with Gasteiger partial charge in [0.25, 0.3) is 0 Å². The molecule has 24 heavy (non-hydrogen) atoms. The largest absolute Gasteiger partial charge is 0.477 e. The SMILES string of the molecule is CC.CC.Cl.O=C(O)c1cc2cccn2cn1.O=Cc1ccc[nH]1. The van der Waals surface area contributed by atoms with E-state index in [4.69, 9.17) is 5.11 Å². The maximum atomic E-state index is 10.5. The predicted octanol–water partition coefficient (Wildman–Crippen LogP) is 4.33. The molecule has 3 aromatic heterocycles. The number of nitrogens with zero attached hydrogens (tertiary/aromatic N) is 2. The molecule has 3 heterocycles. The quantitative estimate of drug-likeness (QED) is 0.671. The van der Waals surface area contributed by atoms with E-state index in [2.05, 4.69) is 9.97 Å². The number of hydrogen-bond donors (Lipinski definition) is 2. The maximum Gasteiger partial charge on any atom is 0.354 e. The van der Waals surface area contributed by atoms with Gasteiger partial charge in [-0.3, -0.25) is 4.79 Å². The van der Waals surface area contributed by atoms with E-state index in [1.165, 1.54) is 12.4 Å². The van der Waals surface area contributed by atoms with Gasteiger partial charge in [-0.2, -0.15) is 0 Å². The highest BCUT2D eigenvalue weighted by molar-refractivity contribution is 5.86. The van der Waals surface area contributed by atoms with Crippen LogP contribution in [0.5, 0.6) is 0 Å². The van der Waals surface area contributed by atoms with Gasteiger partial charge in [0.05, 0.1) is 5.69 Å². The van der Waals surface area contributed by atoms with E-state index in [1.54, 1.807) is 22.7 Å². The Morgan fingerprint density at radius 2 is 1.88 bits per heavy atom. The minimum atomic E-state index is -1.00. The smallest absolute Gasteiger partial charge is 0.354 e. The number of fused-ring (bicyclic) bond motifs is 1. The fraction of sp³-hybridized carbons (Fsp3) is 0.235. The molecule has 0 radical (unpaired) electrons. The Hall–Kier alpha value is -2.60. The highest BCUT2D eigenvalue weighted by Crippen LogP contribution is 2.04. The number of carbonyl (C=O) groups excluding carboxylic acids is 1. The summed E-state index contributed by atoms with van der Waals surface area (Å²) < 4.78 is 1.76. The number of carboxylic acid groups (broad SMARTS) is 1. The van der Waals surface area contributed by atoms with Crippen LogP contribution < -0.4 is 0 Å². The van der Waals surface area contributed by atoms with Crippen molar-refractivity contribution in [1.82, 2.24) is 14.4 Å². The van der Waals surface area contributed by atoms with Crippen LogP contribution in [0.4, 0.5) is 0 Å². The lowest BCUT2D eigenvalue weighted by atomic mass is 10.3. The second-order valence-electron chi connectivity index (χ2n) is 3.66. The lowest BCUT2D eigenvalue weighted by molar-refractivity contribution is 0.0690. The van der Waals surface area contributed by atoms with Gasteiger partial charge in [0.2, 0.25) is 0 Å². The molecule has 132 valence electrons. The van der Waals surface area contributed by atoms with Gasteiger partial charge in [0.15, 0.2) is 12.0 Å². The van der Waals surface area contributed by atoms with Crippen LogP contribution in [0.1, 0.15) is 48.7 Å². The summed E-state index contributed by atoms with van der Waals surface area (Å²) in [5.41, 5.74) is 1.53. The molecule has 3 rings (SSSR count). The normalized spacial score (nSPS) is 8.17. The summed E-state index contributed by atoms with van der Waals surface area (Å²) in [5.74, 6) is -1.00. The van der Waals surface area contributed by atoms with Crippen molar-refractivity contribution in [2.75, 3.05) is 0 Å². The molecule has 2 N–H and O–H groups in total. The molecule has 0 amide bonds. The fourth-order valence-corrected chi connectivity index (χ4v) is 1.47. The van der Waals surface area contributed by atoms with Crippen molar-refractivity contribution in [3.8, 4) is 0 Å². The molecular formula is C17H24ClN3O3. The average Bonchev–Trinajstić information content (AvgIpc) is 3.29. The van der Waals surface area contributed by atoms with Crippen LogP contribution in [0.2, 0.25) is 0 Å². The van der Waals surface area contributed by atoms with Crippen molar-refractivity contribution < 1.29 is 14.7 Å². The Bertz CT molecular complexity index is 694. The zero-order valence-corrected chi connectivity index (χ0v) is 15.1. The molecule has 0 fully saturated rings. The van der Waals surface area contributed by atoms with E-state index < -0.39 is 5.97 Å². The average molecular weight is 354 g/mol. The second-order valence-corrected chi connectivity index (χ2v) is 3.66. The lowest BCUT2D eigenvalue weighted by Crippen LogP contribution is -2.00. The van der Waals surface area contributed by atoms with Crippen molar-refractivity contribution in [3.63, 3.8) is 0 Å². The van der Waals surface area contributed by atoms with Crippen LogP contribution in [0.3, 0.4) is 0 Å². The molecule has 0 aliphatic rings. The number of hydrogen-bond acceptors (Lipinski definition) is 3. The zero-order chi connectivity index (χ0) is 17.7. The van der Waals surface area contributed by atoms with Crippen molar-refractivity contribution >= 4 is 30.2 Å². The van der Waals surface area contributed by atoms with Gasteiger partial charge in [-0.05, 0) is 30.3 Å². The van der Waals surface area contributed by atoms with Crippen molar-refractivity contribution in [3.05, 3.63) is 60.4 Å². The molecule has 0 unspecified atom stereocenters. The van der Waals surface area contributed by atoms with E-state index >= 15 is 0 Å². The highest BCUT2D eigenvalue weighted by Gasteiger charge is 2.03. The van der Waals surface area contributed by atoms with Crippen LogP contribution in [0, 0.1) is 0 Å². The minimum Gasteiger partial charge on any atom is -0.477 e. The summed E-state index contributed by atoms with van der Waals surface area (Å²) in [6.45, 7) is 8.00. The molecule has 0 spiro atoms. The third-order valence-corrected chi connectivity index (χ3v) is 2.39. The van der Waals surface area contributed by atoms with Gasteiger partial charge in [-0.15, -0.1) is 12.4 Å². The summed E-state index contributed by atoms with van der Waals surface area (Å²) in [4.78, 5) is 26.8. The monoisotopic (exact) mass is 353 g/mol. The van der Waals surface area contributed by atoms with Gasteiger partial charge >= 0.3 is 5.97 Å². The van der Waals surface area contributed by atoms with Crippen molar-refractivity contribution in [1.29, 1.82) is 0 Å². The minimum absolute atomic E-state index is 0. The first kappa shape index (κ1) is 23.7. The van der Waals surface area contributed by atoms with Gasteiger partial charge < -0.3 is 14.5 Å². The second kappa shape index (κ2) is 14.0. The van der Waals surface area contributed by atoms with E-state index in [-0.39, 0.29) is 18.1 Å². The van der Waals surface area contributed by atoms with Crippen LogP contribution >= 0.6 is 12.4 Å². The first-order chi connectivity index (χ1) is 11.2. The zero-order valence-electron chi connectivity index (χ0n) is 14.3. The molecule has 0 atom stereocenters. The van der Waals surface area contributed by atoms with Crippen molar-refractivity contribution in [2.24, 2.45) is 0 Å². The molecule has 0 saturated heterocycles. The van der Waals surface area contributed by atoms with Crippen LogP contribution in [-0.4, -0.2) is 31.7 Å².